The van der Waals surface area contributed by atoms with Crippen molar-refractivity contribution in [1.29, 1.82) is 0 Å². The minimum absolute atomic E-state index is 0.314. The lowest BCUT2D eigenvalue weighted by molar-refractivity contribution is 0.100. The van der Waals surface area contributed by atoms with E-state index in [0.29, 0.717) is 34.8 Å². The molecule has 0 aliphatic rings. The summed E-state index contributed by atoms with van der Waals surface area (Å²) in [4.78, 5) is 16.2. The maximum absolute atomic E-state index is 11.7. The third kappa shape index (κ3) is 4.43. The summed E-state index contributed by atoms with van der Waals surface area (Å²) < 4.78 is 0.658. The van der Waals surface area contributed by atoms with E-state index in [4.69, 9.17) is 11.5 Å². The number of aromatic nitrogens is 1. The summed E-state index contributed by atoms with van der Waals surface area (Å²) in [5.74, 6) is 0.466. The monoisotopic (exact) mass is 377 g/mol. The Morgan fingerprint density at radius 3 is 2.39 bits per heavy atom. The number of hydrogen-bond donors (Lipinski definition) is 4. The fraction of sp³-hybridized carbons (Fsp3) is 0.250. The number of hydrogen-bond acceptors (Lipinski definition) is 5. The fourth-order valence-electron chi connectivity index (χ4n) is 2.27. The number of halogens is 1. The van der Waals surface area contributed by atoms with E-state index >= 15 is 0 Å². The first kappa shape index (κ1) is 17.2. The maximum atomic E-state index is 11.7. The summed E-state index contributed by atoms with van der Waals surface area (Å²) in [6.07, 6.45) is 0. The molecule has 1 heterocycles. The zero-order chi connectivity index (χ0) is 17.0. The van der Waals surface area contributed by atoms with Gasteiger partial charge in [-0.3, -0.25) is 4.79 Å². The van der Waals surface area contributed by atoms with Crippen LogP contribution in [0.4, 0.5) is 17.3 Å². The van der Waals surface area contributed by atoms with Gasteiger partial charge in [0.05, 0.1) is 10.0 Å². The Morgan fingerprint density at radius 2 is 1.83 bits per heavy atom. The molecule has 1 aromatic carbocycles. The predicted octanol–water partition coefficient (Wildman–Crippen LogP) is 2.67. The van der Waals surface area contributed by atoms with E-state index in [2.05, 4.69) is 37.6 Å². The van der Waals surface area contributed by atoms with Gasteiger partial charge >= 0.3 is 0 Å². The van der Waals surface area contributed by atoms with Crippen LogP contribution < -0.4 is 22.1 Å². The van der Waals surface area contributed by atoms with E-state index in [1.54, 1.807) is 6.07 Å². The summed E-state index contributed by atoms with van der Waals surface area (Å²) >= 11 is 3.39. The Bertz CT molecular complexity index is 712. The number of carbonyl (C=O) groups excluding carboxylic acids is 1. The number of nitrogens with one attached hydrogen (secondary N) is 2. The fourth-order valence-corrected chi connectivity index (χ4v) is 2.73. The van der Waals surface area contributed by atoms with Crippen molar-refractivity contribution in [3.05, 3.63) is 45.4 Å². The molecule has 23 heavy (non-hydrogen) atoms. The van der Waals surface area contributed by atoms with Crippen LogP contribution in [-0.4, -0.2) is 24.0 Å². The minimum atomic E-state index is -0.546. The number of nitrogens with two attached hydrogens (primary N) is 2. The van der Waals surface area contributed by atoms with Crippen LogP contribution in [0.1, 0.15) is 21.5 Å². The molecule has 0 atom stereocenters. The largest absolute Gasteiger partial charge is 0.368 e. The van der Waals surface area contributed by atoms with Crippen LogP contribution in [-0.2, 0) is 0 Å². The van der Waals surface area contributed by atoms with E-state index in [1.165, 1.54) is 0 Å². The van der Waals surface area contributed by atoms with Crippen molar-refractivity contribution in [3.63, 3.8) is 0 Å². The van der Waals surface area contributed by atoms with Crippen LogP contribution >= 0.6 is 15.9 Å². The van der Waals surface area contributed by atoms with Crippen LogP contribution in [0.5, 0.6) is 0 Å². The molecule has 2 rings (SSSR count). The Hall–Kier alpha value is -2.12. The van der Waals surface area contributed by atoms with Gasteiger partial charge in [0.25, 0.3) is 5.91 Å². The van der Waals surface area contributed by atoms with Crippen molar-refractivity contribution in [1.82, 2.24) is 4.98 Å². The number of primary amides is 1. The first-order valence-corrected chi connectivity index (χ1v) is 7.99. The summed E-state index contributed by atoms with van der Waals surface area (Å²) in [7, 11) is 0. The van der Waals surface area contributed by atoms with Gasteiger partial charge in [0.2, 0.25) is 0 Å². The van der Waals surface area contributed by atoms with Crippen molar-refractivity contribution in [3.8, 4) is 0 Å². The molecule has 1 amide bonds. The van der Waals surface area contributed by atoms with E-state index < -0.39 is 5.91 Å². The van der Waals surface area contributed by atoms with Crippen molar-refractivity contribution in [2.75, 3.05) is 23.7 Å². The lowest BCUT2D eigenvalue weighted by Crippen LogP contribution is -2.18. The molecular weight excluding hydrogens is 358 g/mol. The molecule has 0 aliphatic carbocycles. The first-order valence-electron chi connectivity index (χ1n) is 7.20. The maximum Gasteiger partial charge on any atom is 0.252 e. The van der Waals surface area contributed by atoms with Crippen molar-refractivity contribution >= 4 is 39.2 Å². The summed E-state index contributed by atoms with van der Waals surface area (Å²) in [6.45, 7) is 5.07. The quantitative estimate of drug-likeness (QED) is 0.619. The molecule has 1 aromatic heterocycles. The first-order chi connectivity index (χ1) is 10.9. The topological polar surface area (TPSA) is 106 Å². The van der Waals surface area contributed by atoms with Gasteiger partial charge in [-0.15, -0.1) is 0 Å². The molecule has 0 saturated heterocycles. The molecule has 0 radical (unpaired) electrons. The molecule has 6 N–H and O–H groups in total. The second kappa shape index (κ2) is 7.43. The Balaban J connectivity index is 2.43. The van der Waals surface area contributed by atoms with Gasteiger partial charge in [0.1, 0.15) is 11.6 Å². The van der Waals surface area contributed by atoms with Gasteiger partial charge in [0.15, 0.2) is 0 Å². The molecule has 0 unspecified atom stereocenters. The standard InChI is InChI=1S/C16H20BrN5O/c1-9-5-10(2)7-11(6-9)21-15-12(14(19)23)8-13(17)16(22-15)20-4-3-18/h5-8H,3-4,18H2,1-2H3,(H2,19,23)(H2,20,21,22). The molecule has 0 spiro atoms. The van der Waals surface area contributed by atoms with E-state index in [0.717, 1.165) is 16.8 Å². The molecule has 0 bridgehead atoms. The van der Waals surface area contributed by atoms with Gasteiger partial charge in [-0.1, -0.05) is 6.07 Å². The number of rotatable bonds is 6. The molecule has 7 heteroatoms. The molecule has 0 saturated carbocycles. The smallest absolute Gasteiger partial charge is 0.252 e. The lowest BCUT2D eigenvalue weighted by Gasteiger charge is -2.14. The van der Waals surface area contributed by atoms with Gasteiger partial charge in [-0.05, 0) is 59.1 Å². The van der Waals surface area contributed by atoms with Crippen LogP contribution in [0.3, 0.4) is 0 Å². The predicted molar refractivity (Wildman–Crippen MR) is 97.2 cm³/mol. The van der Waals surface area contributed by atoms with Crippen LogP contribution in [0.25, 0.3) is 0 Å². The number of carbonyl (C=O) groups is 1. The average Bonchev–Trinajstić information content (AvgIpc) is 2.46. The molecule has 0 aliphatic heterocycles. The van der Waals surface area contributed by atoms with Gasteiger partial charge in [-0.2, -0.15) is 0 Å². The molecule has 2 aromatic rings. The SMILES string of the molecule is Cc1cc(C)cc(Nc2nc(NCCN)c(Br)cc2C(N)=O)c1. The molecule has 6 nitrogen and oxygen atoms in total. The second-order valence-corrected chi connectivity index (χ2v) is 6.15. The van der Waals surface area contributed by atoms with Gasteiger partial charge < -0.3 is 22.1 Å². The Labute approximate surface area is 143 Å². The Morgan fingerprint density at radius 1 is 1.17 bits per heavy atom. The zero-order valence-electron chi connectivity index (χ0n) is 13.1. The van der Waals surface area contributed by atoms with E-state index in [1.807, 2.05) is 26.0 Å². The summed E-state index contributed by atoms with van der Waals surface area (Å²) in [5, 5.41) is 6.28. The highest BCUT2D eigenvalue weighted by atomic mass is 79.9. The molecular formula is C16H20BrN5O. The van der Waals surface area contributed by atoms with E-state index in [9.17, 15) is 4.79 Å². The van der Waals surface area contributed by atoms with Crippen LogP contribution in [0, 0.1) is 13.8 Å². The Kier molecular flexibility index (Phi) is 5.57. The summed E-state index contributed by atoms with van der Waals surface area (Å²) in [6, 6.07) is 7.69. The molecule has 122 valence electrons. The highest BCUT2D eigenvalue weighted by molar-refractivity contribution is 9.10. The molecule has 0 fully saturated rings. The van der Waals surface area contributed by atoms with Crippen LogP contribution in [0.2, 0.25) is 0 Å². The van der Waals surface area contributed by atoms with Gasteiger partial charge in [0, 0.05) is 18.8 Å². The average molecular weight is 378 g/mol. The summed E-state index contributed by atoms with van der Waals surface area (Å²) in [5.41, 5.74) is 14.4. The number of benzene rings is 1. The van der Waals surface area contributed by atoms with Crippen LogP contribution in [0.15, 0.2) is 28.7 Å². The highest BCUT2D eigenvalue weighted by Gasteiger charge is 2.15. The third-order valence-electron chi connectivity index (χ3n) is 3.16. The minimum Gasteiger partial charge on any atom is -0.368 e. The van der Waals surface area contributed by atoms with Crippen molar-refractivity contribution < 1.29 is 4.79 Å². The third-order valence-corrected chi connectivity index (χ3v) is 3.77. The van der Waals surface area contributed by atoms with Crippen molar-refractivity contribution in [2.45, 2.75) is 13.8 Å². The zero-order valence-corrected chi connectivity index (χ0v) is 14.7. The number of amides is 1. The number of aryl methyl sites for hydroxylation is 2. The van der Waals surface area contributed by atoms with Gasteiger partial charge in [-0.25, -0.2) is 4.98 Å². The number of anilines is 3. The van der Waals surface area contributed by atoms with E-state index in [-0.39, 0.29) is 0 Å². The normalized spacial score (nSPS) is 10.4. The lowest BCUT2D eigenvalue weighted by atomic mass is 10.1. The van der Waals surface area contributed by atoms with Crippen molar-refractivity contribution in [2.24, 2.45) is 11.5 Å². The number of nitrogens with zero attached hydrogens (tertiary/aromatic N) is 1. The number of pyridine rings is 1. The highest BCUT2D eigenvalue weighted by Crippen LogP contribution is 2.28. The second-order valence-electron chi connectivity index (χ2n) is 5.30.